The first kappa shape index (κ1) is 23.0. The molecule has 3 heterocycles. The highest BCUT2D eigenvalue weighted by atomic mass is 32.2. The van der Waals surface area contributed by atoms with Crippen molar-refractivity contribution in [1.82, 2.24) is 20.3 Å². The zero-order valence-electron chi connectivity index (χ0n) is 16.6. The molecule has 2 saturated heterocycles. The SMILES string of the molecule is O=C1CC(S[C@H]2OC(CO)[C@H](O)[C@H](n3cc(-c4cc(F)c(F)c(F)c4)nn3)C2O)CCN1. The quantitative estimate of drug-likeness (QED) is 0.457. The lowest BCUT2D eigenvalue weighted by atomic mass is 9.97. The second-order valence-electron chi connectivity index (χ2n) is 7.64. The van der Waals surface area contributed by atoms with Gasteiger partial charge < -0.3 is 25.4 Å². The van der Waals surface area contributed by atoms with E-state index in [1.54, 1.807) is 0 Å². The van der Waals surface area contributed by atoms with E-state index in [1.807, 2.05) is 0 Å². The van der Waals surface area contributed by atoms with E-state index in [9.17, 15) is 33.3 Å². The number of aliphatic hydroxyl groups excluding tert-OH is 3. The molecule has 0 aliphatic carbocycles. The summed E-state index contributed by atoms with van der Waals surface area (Å²) in [4.78, 5) is 11.7. The summed E-state index contributed by atoms with van der Waals surface area (Å²) in [7, 11) is 0. The lowest BCUT2D eigenvalue weighted by Crippen LogP contribution is -2.55. The molecule has 1 aromatic heterocycles. The highest BCUT2D eigenvalue weighted by molar-refractivity contribution is 8.00. The fourth-order valence-corrected chi connectivity index (χ4v) is 5.22. The van der Waals surface area contributed by atoms with Gasteiger partial charge in [-0.1, -0.05) is 5.21 Å². The second-order valence-corrected chi connectivity index (χ2v) is 9.04. The third-order valence-corrected chi connectivity index (χ3v) is 6.92. The number of carbonyl (C=O) groups excluding carboxylic acids is 1. The van der Waals surface area contributed by atoms with E-state index in [1.165, 1.54) is 18.0 Å². The summed E-state index contributed by atoms with van der Waals surface area (Å²) in [5.41, 5.74) is -0.978. The van der Waals surface area contributed by atoms with Gasteiger partial charge in [0, 0.05) is 23.8 Å². The van der Waals surface area contributed by atoms with Crippen LogP contribution in [0.1, 0.15) is 18.9 Å². The molecule has 0 bridgehead atoms. The number of hydrogen-bond acceptors (Lipinski definition) is 8. The Hall–Kier alpha value is -2.19. The Balaban J connectivity index is 1.59. The number of thioether (sulfide) groups is 1. The van der Waals surface area contributed by atoms with Gasteiger partial charge in [0.2, 0.25) is 5.91 Å². The maximum absolute atomic E-state index is 13.6. The van der Waals surface area contributed by atoms with Gasteiger partial charge in [0.1, 0.15) is 35.5 Å². The molecule has 6 atom stereocenters. The van der Waals surface area contributed by atoms with Gasteiger partial charge in [0.25, 0.3) is 0 Å². The van der Waals surface area contributed by atoms with Crippen LogP contribution < -0.4 is 5.32 Å². The molecule has 9 nitrogen and oxygen atoms in total. The van der Waals surface area contributed by atoms with Gasteiger partial charge in [-0.25, -0.2) is 17.9 Å². The molecule has 1 aromatic carbocycles. The summed E-state index contributed by atoms with van der Waals surface area (Å²) < 4.78 is 47.2. The predicted octanol–water partition coefficient (Wildman–Crippen LogP) is 0.354. The van der Waals surface area contributed by atoms with E-state index in [0.29, 0.717) is 13.0 Å². The van der Waals surface area contributed by atoms with Crippen LogP contribution in [0.2, 0.25) is 0 Å². The van der Waals surface area contributed by atoms with Crippen molar-refractivity contribution in [3.63, 3.8) is 0 Å². The lowest BCUT2D eigenvalue weighted by Gasteiger charge is -2.43. The molecule has 13 heteroatoms. The lowest BCUT2D eigenvalue weighted by molar-refractivity contribution is -0.178. The average Bonchev–Trinajstić information content (AvgIpc) is 3.23. The molecule has 0 saturated carbocycles. The van der Waals surface area contributed by atoms with Crippen molar-refractivity contribution in [1.29, 1.82) is 0 Å². The molecule has 2 aliphatic heterocycles. The first-order valence-corrected chi connectivity index (χ1v) is 10.8. The third-order valence-electron chi connectivity index (χ3n) is 5.47. The molecule has 2 fully saturated rings. The number of carbonyl (C=O) groups is 1. The predicted molar refractivity (Wildman–Crippen MR) is 106 cm³/mol. The van der Waals surface area contributed by atoms with Crippen LogP contribution in [0.4, 0.5) is 13.2 Å². The van der Waals surface area contributed by atoms with E-state index in [-0.39, 0.29) is 28.8 Å². The van der Waals surface area contributed by atoms with Gasteiger partial charge in [-0.3, -0.25) is 4.79 Å². The Morgan fingerprint density at radius 3 is 2.59 bits per heavy atom. The van der Waals surface area contributed by atoms with Crippen molar-refractivity contribution in [3.8, 4) is 11.3 Å². The van der Waals surface area contributed by atoms with Gasteiger partial charge in [-0.05, 0) is 18.6 Å². The largest absolute Gasteiger partial charge is 0.394 e. The number of nitrogens with one attached hydrogen (secondary N) is 1. The van der Waals surface area contributed by atoms with Crippen molar-refractivity contribution in [3.05, 3.63) is 35.8 Å². The monoisotopic (exact) mass is 474 g/mol. The average molecular weight is 474 g/mol. The van der Waals surface area contributed by atoms with Gasteiger partial charge in [-0.2, -0.15) is 0 Å². The minimum atomic E-state index is -1.61. The molecule has 32 heavy (non-hydrogen) atoms. The maximum Gasteiger partial charge on any atom is 0.221 e. The molecule has 1 amide bonds. The Kier molecular flexibility index (Phi) is 6.72. The minimum Gasteiger partial charge on any atom is -0.394 e. The number of aliphatic hydroxyl groups is 3. The van der Waals surface area contributed by atoms with E-state index >= 15 is 0 Å². The first-order chi connectivity index (χ1) is 15.3. The van der Waals surface area contributed by atoms with Crippen LogP contribution in [-0.2, 0) is 9.53 Å². The number of nitrogens with zero attached hydrogens (tertiary/aromatic N) is 3. The fraction of sp³-hybridized carbons (Fsp3) is 0.526. The Morgan fingerprint density at radius 2 is 1.94 bits per heavy atom. The van der Waals surface area contributed by atoms with Gasteiger partial charge >= 0.3 is 0 Å². The van der Waals surface area contributed by atoms with E-state index in [2.05, 4.69) is 15.6 Å². The standard InChI is InChI=1S/C19H21F3N4O5S/c20-10-3-8(4-11(21)15(10)22)12-6-26(25-24-12)16-17(29)13(7-27)31-19(18(16)30)32-9-1-2-23-14(28)5-9/h3-4,6,9,13,16-19,27,29-30H,1-2,5,7H2,(H,23,28)/t9?,13?,16-,17-,18?,19+/m0/s1. The molecule has 2 aromatic rings. The van der Waals surface area contributed by atoms with Crippen molar-refractivity contribution in [2.45, 2.75) is 47.9 Å². The van der Waals surface area contributed by atoms with Crippen LogP contribution in [0.15, 0.2) is 18.3 Å². The highest BCUT2D eigenvalue weighted by Gasteiger charge is 2.47. The Labute approximate surface area is 184 Å². The van der Waals surface area contributed by atoms with Crippen LogP contribution in [0.25, 0.3) is 11.3 Å². The van der Waals surface area contributed by atoms with Crippen molar-refractivity contribution in [2.24, 2.45) is 0 Å². The number of aromatic nitrogens is 3. The van der Waals surface area contributed by atoms with Crippen LogP contribution in [0, 0.1) is 17.5 Å². The smallest absolute Gasteiger partial charge is 0.221 e. The molecule has 2 aliphatic rings. The number of benzene rings is 1. The van der Waals surface area contributed by atoms with E-state index in [4.69, 9.17) is 4.74 Å². The van der Waals surface area contributed by atoms with Crippen molar-refractivity contribution in [2.75, 3.05) is 13.2 Å². The summed E-state index contributed by atoms with van der Waals surface area (Å²) in [6.07, 6.45) is -1.58. The minimum absolute atomic E-state index is 0.0117. The molecule has 3 unspecified atom stereocenters. The summed E-state index contributed by atoms with van der Waals surface area (Å²) in [5.74, 6) is -4.52. The third kappa shape index (κ3) is 4.48. The van der Waals surface area contributed by atoms with Gasteiger partial charge in [0.05, 0.1) is 12.8 Å². The first-order valence-electron chi connectivity index (χ1n) is 9.90. The normalized spacial score (nSPS) is 30.9. The summed E-state index contributed by atoms with van der Waals surface area (Å²) in [6, 6.07) is 0.409. The van der Waals surface area contributed by atoms with Crippen molar-refractivity contribution >= 4 is 17.7 Å². The second kappa shape index (κ2) is 9.35. The maximum atomic E-state index is 13.6. The molecule has 0 spiro atoms. The fourth-order valence-electron chi connectivity index (χ4n) is 3.81. The van der Waals surface area contributed by atoms with Crippen molar-refractivity contribution < 1.29 is 38.0 Å². The zero-order valence-corrected chi connectivity index (χ0v) is 17.4. The van der Waals surface area contributed by atoms with Gasteiger partial charge in [-0.15, -0.1) is 16.9 Å². The molecular weight excluding hydrogens is 453 g/mol. The van der Waals surface area contributed by atoms with E-state index < -0.39 is 53.8 Å². The number of rotatable bonds is 5. The van der Waals surface area contributed by atoms with Crippen LogP contribution >= 0.6 is 11.8 Å². The Bertz CT molecular complexity index is 973. The van der Waals surface area contributed by atoms with Gasteiger partial charge in [0.15, 0.2) is 17.5 Å². The summed E-state index contributed by atoms with van der Waals surface area (Å²) in [5, 5.41) is 41.5. The summed E-state index contributed by atoms with van der Waals surface area (Å²) in [6.45, 7) is -0.0471. The Morgan fingerprint density at radius 1 is 1.22 bits per heavy atom. The molecule has 174 valence electrons. The molecule has 4 rings (SSSR count). The highest BCUT2D eigenvalue weighted by Crippen LogP contribution is 2.38. The topological polar surface area (TPSA) is 130 Å². The zero-order chi connectivity index (χ0) is 23.0. The summed E-state index contributed by atoms with van der Waals surface area (Å²) >= 11 is 1.22. The van der Waals surface area contributed by atoms with Crippen LogP contribution in [-0.4, -0.2) is 78.4 Å². The van der Waals surface area contributed by atoms with Crippen LogP contribution in [0.5, 0.6) is 0 Å². The number of ether oxygens (including phenoxy) is 1. The molecule has 4 N–H and O–H groups in total. The number of piperidine rings is 1. The van der Waals surface area contributed by atoms with Crippen LogP contribution in [0.3, 0.4) is 0 Å². The molecular formula is C19H21F3N4O5S. The number of amides is 1. The number of halogens is 3. The number of hydrogen-bond donors (Lipinski definition) is 4. The van der Waals surface area contributed by atoms with E-state index in [0.717, 1.165) is 16.8 Å². The molecule has 0 radical (unpaired) electrons.